The molecule has 0 aromatic rings. The summed E-state index contributed by atoms with van der Waals surface area (Å²) in [6, 6.07) is 0.575. The molecule has 2 atom stereocenters. The number of rotatable bonds is 4. The Morgan fingerprint density at radius 1 is 0.880 bits per heavy atom. The molecule has 2 unspecified atom stereocenters. The highest BCUT2D eigenvalue weighted by molar-refractivity contribution is 5.85. The second-order valence-electron chi connectivity index (χ2n) is 7.94. The van der Waals surface area contributed by atoms with Crippen molar-refractivity contribution < 1.29 is 9.59 Å². The molecular weight excluding hydrogens is 340 g/mol. The topological polar surface area (TPSA) is 96.2 Å². The molecule has 0 heterocycles. The zero-order valence-electron chi connectivity index (χ0n) is 15.0. The number of carbonyl (C=O) groups excluding carboxylic acids is 2. The summed E-state index contributed by atoms with van der Waals surface area (Å²) in [5, 5.41) is 8.85. The first-order chi connectivity index (χ1) is 11.6. The largest absolute Gasteiger partial charge is 0.351 e. The van der Waals surface area contributed by atoms with E-state index in [-0.39, 0.29) is 49.0 Å². The molecule has 0 saturated heterocycles. The summed E-state index contributed by atoms with van der Waals surface area (Å²) in [7, 11) is 0. The minimum atomic E-state index is -0.220. The number of amides is 3. The Hall–Kier alpha value is -1.01. The lowest BCUT2D eigenvalue weighted by atomic mass is 9.67. The van der Waals surface area contributed by atoms with Crippen molar-refractivity contribution in [3.63, 3.8) is 0 Å². The maximum absolute atomic E-state index is 12.2. The van der Waals surface area contributed by atoms with Gasteiger partial charge in [0.2, 0.25) is 5.91 Å². The summed E-state index contributed by atoms with van der Waals surface area (Å²) in [6.45, 7) is 0.0561. The van der Waals surface area contributed by atoms with Crippen LogP contribution in [-0.2, 0) is 4.79 Å². The molecule has 0 aromatic heterocycles. The highest BCUT2D eigenvalue weighted by Gasteiger charge is 2.39. The molecule has 3 fully saturated rings. The van der Waals surface area contributed by atoms with Gasteiger partial charge in [0, 0.05) is 18.1 Å². The third-order valence-electron chi connectivity index (χ3n) is 6.05. The first-order valence-electron chi connectivity index (χ1n) is 9.71. The molecular formula is C18H33ClN4O2. The predicted octanol–water partition coefficient (Wildman–Crippen LogP) is 2.06. The van der Waals surface area contributed by atoms with Gasteiger partial charge in [0.15, 0.2) is 0 Å². The molecule has 144 valence electrons. The zero-order chi connectivity index (χ0) is 16.9. The van der Waals surface area contributed by atoms with E-state index in [0.29, 0.717) is 11.8 Å². The second kappa shape index (κ2) is 9.62. The maximum atomic E-state index is 12.2. The predicted molar refractivity (Wildman–Crippen MR) is 101 cm³/mol. The smallest absolute Gasteiger partial charge is 0.315 e. The fraction of sp³-hybridized carbons (Fsp3) is 0.889. The Morgan fingerprint density at radius 2 is 1.52 bits per heavy atom. The summed E-state index contributed by atoms with van der Waals surface area (Å²) in [5.74, 6) is 0.936. The summed E-state index contributed by atoms with van der Waals surface area (Å²) >= 11 is 0. The van der Waals surface area contributed by atoms with Crippen molar-refractivity contribution in [2.24, 2.45) is 17.6 Å². The number of halogens is 1. The molecule has 2 bridgehead atoms. The third-order valence-corrected chi connectivity index (χ3v) is 6.05. The molecule has 3 rings (SSSR count). The highest BCUT2D eigenvalue weighted by atomic mass is 35.5. The zero-order valence-corrected chi connectivity index (χ0v) is 15.8. The SMILES string of the molecule is Cl.NC1CC2CCCC(C1)C2NC(=O)CNC(=O)NC1CCCCC1. The van der Waals surface area contributed by atoms with Gasteiger partial charge < -0.3 is 21.7 Å². The minimum Gasteiger partial charge on any atom is -0.351 e. The van der Waals surface area contributed by atoms with Crippen molar-refractivity contribution in [2.45, 2.75) is 82.3 Å². The second-order valence-corrected chi connectivity index (χ2v) is 7.94. The van der Waals surface area contributed by atoms with Crippen LogP contribution in [-0.4, -0.2) is 36.6 Å². The average Bonchev–Trinajstić information content (AvgIpc) is 2.55. The van der Waals surface area contributed by atoms with Gasteiger partial charge >= 0.3 is 6.03 Å². The molecule has 3 saturated carbocycles. The van der Waals surface area contributed by atoms with Crippen LogP contribution in [0.1, 0.15) is 64.2 Å². The Labute approximate surface area is 156 Å². The van der Waals surface area contributed by atoms with E-state index in [1.165, 1.54) is 25.7 Å². The van der Waals surface area contributed by atoms with E-state index < -0.39 is 0 Å². The van der Waals surface area contributed by atoms with E-state index in [1.54, 1.807) is 0 Å². The quantitative estimate of drug-likeness (QED) is 0.608. The number of nitrogens with one attached hydrogen (secondary N) is 3. The lowest BCUT2D eigenvalue weighted by molar-refractivity contribution is -0.122. The molecule has 5 N–H and O–H groups in total. The van der Waals surface area contributed by atoms with Gasteiger partial charge in [-0.15, -0.1) is 12.4 Å². The van der Waals surface area contributed by atoms with Gasteiger partial charge in [0.05, 0.1) is 6.54 Å². The lowest BCUT2D eigenvalue weighted by Crippen LogP contribution is -2.55. The minimum absolute atomic E-state index is 0. The van der Waals surface area contributed by atoms with Gasteiger partial charge in [-0.3, -0.25) is 4.79 Å². The fourth-order valence-electron chi connectivity index (χ4n) is 4.91. The van der Waals surface area contributed by atoms with Crippen molar-refractivity contribution in [1.29, 1.82) is 0 Å². The molecule has 7 heteroatoms. The Bertz CT molecular complexity index is 442. The first kappa shape index (κ1) is 20.3. The molecule has 3 aliphatic rings. The number of hydrogen-bond donors (Lipinski definition) is 4. The number of nitrogens with two attached hydrogens (primary N) is 1. The maximum Gasteiger partial charge on any atom is 0.315 e. The van der Waals surface area contributed by atoms with Crippen LogP contribution >= 0.6 is 12.4 Å². The monoisotopic (exact) mass is 372 g/mol. The fourth-order valence-corrected chi connectivity index (χ4v) is 4.91. The van der Waals surface area contributed by atoms with Crippen LogP contribution in [0.25, 0.3) is 0 Å². The van der Waals surface area contributed by atoms with E-state index in [0.717, 1.165) is 38.5 Å². The van der Waals surface area contributed by atoms with E-state index in [1.807, 2.05) is 0 Å². The van der Waals surface area contributed by atoms with E-state index in [4.69, 9.17) is 5.73 Å². The molecule has 0 aromatic carbocycles. The number of hydrogen-bond acceptors (Lipinski definition) is 3. The first-order valence-corrected chi connectivity index (χ1v) is 9.71. The van der Waals surface area contributed by atoms with Gasteiger partial charge in [-0.05, 0) is 50.4 Å². The van der Waals surface area contributed by atoms with Crippen LogP contribution in [0.2, 0.25) is 0 Å². The Kier molecular flexibility index (Phi) is 7.81. The number of fused-ring (bicyclic) bond motifs is 2. The van der Waals surface area contributed by atoms with Crippen LogP contribution in [0.15, 0.2) is 0 Å². The van der Waals surface area contributed by atoms with Crippen molar-refractivity contribution in [2.75, 3.05) is 6.54 Å². The van der Waals surface area contributed by atoms with Crippen LogP contribution in [0, 0.1) is 11.8 Å². The third kappa shape index (κ3) is 5.74. The summed E-state index contributed by atoms with van der Waals surface area (Å²) in [6.07, 6.45) is 11.3. The van der Waals surface area contributed by atoms with Crippen LogP contribution < -0.4 is 21.7 Å². The lowest BCUT2D eigenvalue weighted by Gasteiger charge is -2.45. The molecule has 3 aliphatic carbocycles. The summed E-state index contributed by atoms with van der Waals surface area (Å²) < 4.78 is 0. The van der Waals surface area contributed by atoms with Crippen molar-refractivity contribution in [1.82, 2.24) is 16.0 Å². The van der Waals surface area contributed by atoms with Crippen LogP contribution in [0.4, 0.5) is 4.79 Å². The van der Waals surface area contributed by atoms with Gasteiger partial charge in [-0.2, -0.15) is 0 Å². The van der Waals surface area contributed by atoms with Gasteiger partial charge in [-0.25, -0.2) is 4.79 Å². The summed E-state index contributed by atoms with van der Waals surface area (Å²) in [4.78, 5) is 24.2. The number of urea groups is 1. The van der Waals surface area contributed by atoms with E-state index >= 15 is 0 Å². The molecule has 0 aliphatic heterocycles. The van der Waals surface area contributed by atoms with Gasteiger partial charge in [0.1, 0.15) is 0 Å². The normalized spacial score (nSPS) is 32.2. The standard InChI is InChI=1S/C18H32N4O2.ClH/c19-14-9-12-5-4-6-13(10-14)17(12)22-16(23)11-20-18(24)21-15-7-2-1-3-8-15;/h12-15,17H,1-11,19H2,(H,22,23)(H2,20,21,24);1H. The molecule has 0 spiro atoms. The van der Waals surface area contributed by atoms with Crippen LogP contribution in [0.5, 0.6) is 0 Å². The van der Waals surface area contributed by atoms with Crippen molar-refractivity contribution in [3.8, 4) is 0 Å². The van der Waals surface area contributed by atoms with E-state index in [2.05, 4.69) is 16.0 Å². The van der Waals surface area contributed by atoms with Gasteiger partial charge in [0.25, 0.3) is 0 Å². The molecule has 6 nitrogen and oxygen atoms in total. The van der Waals surface area contributed by atoms with Gasteiger partial charge in [-0.1, -0.05) is 25.7 Å². The van der Waals surface area contributed by atoms with Crippen molar-refractivity contribution in [3.05, 3.63) is 0 Å². The highest BCUT2D eigenvalue weighted by Crippen LogP contribution is 2.39. The Morgan fingerprint density at radius 3 is 2.16 bits per heavy atom. The Balaban J connectivity index is 0.00000225. The van der Waals surface area contributed by atoms with Crippen LogP contribution in [0.3, 0.4) is 0 Å². The molecule has 0 radical (unpaired) electrons. The van der Waals surface area contributed by atoms with Crippen molar-refractivity contribution >= 4 is 24.3 Å². The molecule has 25 heavy (non-hydrogen) atoms. The summed E-state index contributed by atoms with van der Waals surface area (Å²) in [5.41, 5.74) is 6.13. The average molecular weight is 373 g/mol. The van der Waals surface area contributed by atoms with E-state index in [9.17, 15) is 9.59 Å². The number of carbonyl (C=O) groups is 2. The molecule has 3 amide bonds.